The number of nitrogens with zero attached hydrogens (tertiary/aromatic N) is 3. The molecule has 0 aromatic heterocycles. The molecule has 0 saturated carbocycles. The van der Waals surface area contributed by atoms with Crippen LogP contribution in [-0.2, 0) is 4.74 Å². The molecular formula is C15H31N3O2. The van der Waals surface area contributed by atoms with Crippen LogP contribution in [0.15, 0.2) is 0 Å². The van der Waals surface area contributed by atoms with E-state index in [0.29, 0.717) is 12.6 Å². The van der Waals surface area contributed by atoms with Gasteiger partial charge in [-0.2, -0.15) is 0 Å². The molecule has 0 radical (unpaired) electrons. The molecule has 0 aromatic rings. The first-order valence-corrected chi connectivity index (χ1v) is 8.01. The number of aliphatic hydroxyl groups excluding tert-OH is 1. The molecule has 2 fully saturated rings. The van der Waals surface area contributed by atoms with Crippen LogP contribution in [0.25, 0.3) is 0 Å². The third kappa shape index (κ3) is 4.97. The van der Waals surface area contributed by atoms with Crippen LogP contribution in [0.5, 0.6) is 0 Å². The van der Waals surface area contributed by atoms with E-state index in [-0.39, 0.29) is 6.10 Å². The summed E-state index contributed by atoms with van der Waals surface area (Å²) >= 11 is 0. The van der Waals surface area contributed by atoms with Crippen molar-refractivity contribution in [2.24, 2.45) is 0 Å². The van der Waals surface area contributed by atoms with E-state index in [0.717, 1.165) is 19.6 Å². The zero-order valence-electron chi connectivity index (χ0n) is 13.1. The number of aliphatic hydroxyl groups is 1. The Bertz CT molecular complexity index is 270. The zero-order chi connectivity index (χ0) is 14.4. The predicted molar refractivity (Wildman–Crippen MR) is 81.0 cm³/mol. The highest BCUT2D eigenvalue weighted by Crippen LogP contribution is 2.17. The molecule has 118 valence electrons. The Morgan fingerprint density at radius 2 is 1.90 bits per heavy atom. The molecule has 1 unspecified atom stereocenters. The van der Waals surface area contributed by atoms with E-state index in [4.69, 9.17) is 4.74 Å². The van der Waals surface area contributed by atoms with Crippen molar-refractivity contribution in [1.29, 1.82) is 0 Å². The van der Waals surface area contributed by atoms with Crippen molar-refractivity contribution in [3.05, 3.63) is 0 Å². The molecule has 0 spiro atoms. The van der Waals surface area contributed by atoms with E-state index < -0.39 is 0 Å². The summed E-state index contributed by atoms with van der Waals surface area (Å²) in [6.45, 7) is 8.15. The minimum Gasteiger partial charge on any atom is -0.389 e. The Hall–Kier alpha value is -0.200. The number of β-amino-alcohol motifs (C(OH)–C–C–N with tert-alkyl or cyclic N) is 1. The van der Waals surface area contributed by atoms with Gasteiger partial charge in [-0.05, 0) is 26.4 Å². The lowest BCUT2D eigenvalue weighted by Gasteiger charge is -2.39. The van der Waals surface area contributed by atoms with E-state index in [9.17, 15) is 5.11 Å². The van der Waals surface area contributed by atoms with Gasteiger partial charge in [0.15, 0.2) is 0 Å². The van der Waals surface area contributed by atoms with E-state index in [1.54, 1.807) is 7.11 Å². The molecule has 1 N–H and O–H groups in total. The van der Waals surface area contributed by atoms with Crippen LogP contribution in [-0.4, -0.2) is 98.5 Å². The molecule has 5 heteroatoms. The second-order valence-corrected chi connectivity index (χ2v) is 6.36. The lowest BCUT2D eigenvalue weighted by atomic mass is 10.1. The highest BCUT2D eigenvalue weighted by atomic mass is 16.5. The lowest BCUT2D eigenvalue weighted by molar-refractivity contribution is 0.0282. The van der Waals surface area contributed by atoms with E-state index >= 15 is 0 Å². The molecule has 20 heavy (non-hydrogen) atoms. The van der Waals surface area contributed by atoms with Crippen molar-refractivity contribution in [2.75, 3.05) is 66.6 Å². The number of rotatable bonds is 5. The quantitative estimate of drug-likeness (QED) is 0.775. The average Bonchev–Trinajstić information content (AvgIpc) is 2.65. The van der Waals surface area contributed by atoms with E-state index in [2.05, 4.69) is 21.7 Å². The first-order chi connectivity index (χ1) is 9.69. The largest absolute Gasteiger partial charge is 0.389 e. The molecule has 0 aliphatic carbocycles. The highest BCUT2D eigenvalue weighted by molar-refractivity contribution is 4.83. The fourth-order valence-corrected chi connectivity index (χ4v) is 3.39. The van der Waals surface area contributed by atoms with E-state index in [1.807, 2.05) is 0 Å². The Morgan fingerprint density at radius 3 is 2.60 bits per heavy atom. The maximum Gasteiger partial charge on any atom is 0.0900 e. The van der Waals surface area contributed by atoms with Crippen molar-refractivity contribution < 1.29 is 9.84 Å². The van der Waals surface area contributed by atoms with Gasteiger partial charge in [0.05, 0.1) is 12.7 Å². The molecule has 0 aromatic carbocycles. The number of likely N-dealkylation sites (N-methyl/N-ethyl adjacent to an activating group) is 1. The Labute approximate surface area is 123 Å². The smallest absolute Gasteiger partial charge is 0.0900 e. The number of hydrogen-bond acceptors (Lipinski definition) is 5. The molecule has 2 rings (SSSR count). The third-order valence-corrected chi connectivity index (χ3v) is 4.61. The summed E-state index contributed by atoms with van der Waals surface area (Å²) in [6, 6.07) is 0.668. The van der Waals surface area contributed by atoms with Gasteiger partial charge in [0.1, 0.15) is 0 Å². The predicted octanol–water partition coefficient (Wildman–Crippen LogP) is 0.0956. The summed E-state index contributed by atoms with van der Waals surface area (Å²) in [5, 5.41) is 9.94. The zero-order valence-corrected chi connectivity index (χ0v) is 13.1. The number of methoxy groups -OCH3 is 1. The van der Waals surface area contributed by atoms with Crippen molar-refractivity contribution >= 4 is 0 Å². The van der Waals surface area contributed by atoms with Gasteiger partial charge in [-0.15, -0.1) is 0 Å². The van der Waals surface area contributed by atoms with Crippen LogP contribution in [0, 0.1) is 0 Å². The van der Waals surface area contributed by atoms with Crippen LogP contribution in [0.3, 0.4) is 0 Å². The van der Waals surface area contributed by atoms with Crippen LogP contribution < -0.4 is 0 Å². The summed E-state index contributed by atoms with van der Waals surface area (Å²) in [5.74, 6) is 0. The minimum absolute atomic E-state index is 0.355. The maximum atomic E-state index is 9.94. The van der Waals surface area contributed by atoms with Gasteiger partial charge in [-0.1, -0.05) is 6.42 Å². The molecule has 2 atom stereocenters. The Morgan fingerprint density at radius 1 is 1.15 bits per heavy atom. The molecular weight excluding hydrogens is 254 g/mol. The Kier molecular flexibility index (Phi) is 6.71. The second kappa shape index (κ2) is 8.29. The molecule has 2 aliphatic rings. The fourth-order valence-electron chi connectivity index (χ4n) is 3.39. The van der Waals surface area contributed by atoms with Gasteiger partial charge in [-0.3, -0.25) is 9.80 Å². The highest BCUT2D eigenvalue weighted by Gasteiger charge is 2.26. The van der Waals surface area contributed by atoms with Crippen LogP contribution >= 0.6 is 0 Å². The number of likely N-dealkylation sites (tertiary alicyclic amines) is 1. The molecule has 0 amide bonds. The lowest BCUT2D eigenvalue weighted by Crippen LogP contribution is -2.52. The number of ether oxygens (including phenoxy) is 1. The van der Waals surface area contributed by atoms with Crippen molar-refractivity contribution in [1.82, 2.24) is 14.7 Å². The molecule has 2 saturated heterocycles. The van der Waals surface area contributed by atoms with Gasteiger partial charge in [0.2, 0.25) is 0 Å². The van der Waals surface area contributed by atoms with Gasteiger partial charge in [-0.25, -0.2) is 0 Å². The summed E-state index contributed by atoms with van der Waals surface area (Å²) in [6.07, 6.45) is 3.52. The summed E-state index contributed by atoms with van der Waals surface area (Å²) < 4.78 is 5.04. The van der Waals surface area contributed by atoms with Crippen LogP contribution in [0.2, 0.25) is 0 Å². The van der Waals surface area contributed by atoms with Gasteiger partial charge in [0, 0.05) is 52.4 Å². The summed E-state index contributed by atoms with van der Waals surface area (Å²) in [4.78, 5) is 7.49. The monoisotopic (exact) mass is 285 g/mol. The number of piperazine rings is 1. The van der Waals surface area contributed by atoms with E-state index in [1.165, 1.54) is 45.4 Å². The van der Waals surface area contributed by atoms with Gasteiger partial charge < -0.3 is 14.7 Å². The standard InChI is InChI=1S/C15H31N3O2/c1-16-7-9-18(10-8-16)14-5-3-4-6-17(11-14)12-15(19)13-20-2/h14-15,19H,3-13H2,1-2H3/t14?,15-/m0/s1. The second-order valence-electron chi connectivity index (χ2n) is 6.36. The minimum atomic E-state index is -0.355. The first kappa shape index (κ1) is 16.2. The topological polar surface area (TPSA) is 39.2 Å². The first-order valence-electron chi connectivity index (χ1n) is 8.01. The summed E-state index contributed by atoms with van der Waals surface area (Å²) in [5.41, 5.74) is 0. The number of hydrogen-bond donors (Lipinski definition) is 1. The average molecular weight is 285 g/mol. The van der Waals surface area contributed by atoms with Crippen molar-refractivity contribution in [2.45, 2.75) is 31.4 Å². The van der Waals surface area contributed by atoms with Crippen LogP contribution in [0.1, 0.15) is 19.3 Å². The molecule has 2 aliphatic heterocycles. The fraction of sp³-hybridized carbons (Fsp3) is 1.00. The SMILES string of the molecule is COC[C@@H](O)CN1CCCCC(N2CCN(C)CC2)C1. The normalized spacial score (nSPS) is 29.2. The van der Waals surface area contributed by atoms with Crippen LogP contribution in [0.4, 0.5) is 0 Å². The Balaban J connectivity index is 1.83. The maximum absolute atomic E-state index is 9.94. The van der Waals surface area contributed by atoms with Gasteiger partial charge in [0.25, 0.3) is 0 Å². The third-order valence-electron chi connectivity index (χ3n) is 4.61. The molecule has 5 nitrogen and oxygen atoms in total. The van der Waals surface area contributed by atoms with Crippen molar-refractivity contribution in [3.8, 4) is 0 Å². The summed E-state index contributed by atoms with van der Waals surface area (Å²) in [7, 11) is 3.86. The van der Waals surface area contributed by atoms with Crippen molar-refractivity contribution in [3.63, 3.8) is 0 Å². The molecule has 2 heterocycles. The van der Waals surface area contributed by atoms with Gasteiger partial charge >= 0.3 is 0 Å². The molecule has 0 bridgehead atoms.